The van der Waals surface area contributed by atoms with E-state index in [-0.39, 0.29) is 11.9 Å². The van der Waals surface area contributed by atoms with Crippen LogP contribution in [0.3, 0.4) is 0 Å². The van der Waals surface area contributed by atoms with Crippen molar-refractivity contribution in [2.24, 2.45) is 5.73 Å². The normalized spacial score (nSPS) is 17.9. The highest BCUT2D eigenvalue weighted by molar-refractivity contribution is 5.57. The van der Waals surface area contributed by atoms with Gasteiger partial charge in [0.1, 0.15) is 5.82 Å². The zero-order valence-electron chi connectivity index (χ0n) is 10.4. The van der Waals surface area contributed by atoms with Crippen LogP contribution in [0.1, 0.15) is 31.9 Å². The van der Waals surface area contributed by atoms with Crippen molar-refractivity contribution >= 4 is 5.69 Å². The van der Waals surface area contributed by atoms with E-state index < -0.39 is 0 Å². The van der Waals surface area contributed by atoms with Crippen LogP contribution in [0.5, 0.6) is 0 Å². The number of halogens is 1. The molecule has 0 bridgehead atoms. The number of benzene rings is 1. The van der Waals surface area contributed by atoms with E-state index in [0.29, 0.717) is 5.69 Å². The van der Waals surface area contributed by atoms with Crippen molar-refractivity contribution in [1.82, 2.24) is 0 Å². The SMILES string of the molecule is CC1=CCN(c2c(F)cccc2[C@@H](C)N)CC1. The van der Waals surface area contributed by atoms with E-state index in [4.69, 9.17) is 5.73 Å². The lowest BCUT2D eigenvalue weighted by molar-refractivity contribution is 0.610. The van der Waals surface area contributed by atoms with Gasteiger partial charge in [0.05, 0.1) is 5.69 Å². The lowest BCUT2D eigenvalue weighted by atomic mass is 10.0. The molecule has 2 nitrogen and oxygen atoms in total. The molecule has 1 aromatic rings. The Kier molecular flexibility index (Phi) is 3.48. The maximum absolute atomic E-state index is 14.0. The first kappa shape index (κ1) is 12.1. The predicted octanol–water partition coefficient (Wildman–Crippen LogP) is 3.00. The second-order valence-electron chi connectivity index (χ2n) is 4.71. The summed E-state index contributed by atoms with van der Waals surface area (Å²) in [5.74, 6) is -0.173. The minimum Gasteiger partial charge on any atom is -0.365 e. The molecule has 0 aromatic heterocycles. The molecule has 0 saturated carbocycles. The molecule has 2 rings (SSSR count). The van der Waals surface area contributed by atoms with Gasteiger partial charge in [0, 0.05) is 19.1 Å². The Morgan fingerprint density at radius 3 is 2.76 bits per heavy atom. The van der Waals surface area contributed by atoms with E-state index in [9.17, 15) is 4.39 Å². The van der Waals surface area contributed by atoms with Crippen LogP contribution >= 0.6 is 0 Å². The minimum atomic E-state index is -0.173. The molecular weight excluding hydrogens is 215 g/mol. The fourth-order valence-corrected chi connectivity index (χ4v) is 2.21. The Morgan fingerprint density at radius 1 is 1.41 bits per heavy atom. The Hall–Kier alpha value is -1.35. The van der Waals surface area contributed by atoms with E-state index >= 15 is 0 Å². The van der Waals surface area contributed by atoms with E-state index in [1.165, 1.54) is 11.6 Å². The minimum absolute atomic E-state index is 0.146. The average molecular weight is 234 g/mol. The van der Waals surface area contributed by atoms with Gasteiger partial charge in [0.25, 0.3) is 0 Å². The summed E-state index contributed by atoms with van der Waals surface area (Å²) in [5.41, 5.74) is 8.84. The molecule has 2 N–H and O–H groups in total. The Bertz CT molecular complexity index is 438. The van der Waals surface area contributed by atoms with Gasteiger partial charge in [-0.1, -0.05) is 23.8 Å². The van der Waals surface area contributed by atoms with E-state index in [1.807, 2.05) is 13.0 Å². The maximum Gasteiger partial charge on any atom is 0.146 e. The maximum atomic E-state index is 14.0. The second kappa shape index (κ2) is 4.88. The van der Waals surface area contributed by atoms with Gasteiger partial charge < -0.3 is 10.6 Å². The number of hydrogen-bond donors (Lipinski definition) is 1. The summed E-state index contributed by atoms with van der Waals surface area (Å²) in [6.07, 6.45) is 3.15. The number of anilines is 1. The summed E-state index contributed by atoms with van der Waals surface area (Å²) < 4.78 is 14.0. The molecule has 1 aromatic carbocycles. The fraction of sp³-hybridized carbons (Fsp3) is 0.429. The molecular formula is C14H19FN2. The summed E-state index contributed by atoms with van der Waals surface area (Å²) in [6.45, 7) is 5.64. The molecule has 0 amide bonds. The predicted molar refractivity (Wildman–Crippen MR) is 69.6 cm³/mol. The number of nitrogens with two attached hydrogens (primary N) is 1. The number of rotatable bonds is 2. The molecule has 1 heterocycles. The Balaban J connectivity index is 2.37. The van der Waals surface area contributed by atoms with Gasteiger partial charge in [-0.25, -0.2) is 4.39 Å². The van der Waals surface area contributed by atoms with Gasteiger partial charge in [-0.3, -0.25) is 0 Å². The van der Waals surface area contributed by atoms with E-state index in [2.05, 4.69) is 17.9 Å². The molecule has 0 unspecified atom stereocenters. The smallest absolute Gasteiger partial charge is 0.146 e. The number of hydrogen-bond acceptors (Lipinski definition) is 2. The highest BCUT2D eigenvalue weighted by Gasteiger charge is 2.19. The molecule has 1 atom stereocenters. The standard InChI is InChI=1S/C14H19FN2/c1-10-6-8-17(9-7-10)14-12(11(2)16)4-3-5-13(14)15/h3-6,11H,7-9,16H2,1-2H3/t11-/m1/s1. The van der Waals surface area contributed by atoms with Crippen molar-refractivity contribution in [3.63, 3.8) is 0 Å². The van der Waals surface area contributed by atoms with Gasteiger partial charge in [-0.05, 0) is 31.9 Å². The quantitative estimate of drug-likeness (QED) is 0.797. The summed E-state index contributed by atoms with van der Waals surface area (Å²) >= 11 is 0. The van der Waals surface area contributed by atoms with Crippen molar-refractivity contribution in [2.75, 3.05) is 18.0 Å². The molecule has 92 valence electrons. The van der Waals surface area contributed by atoms with Crippen LogP contribution in [-0.4, -0.2) is 13.1 Å². The molecule has 0 fully saturated rings. The van der Waals surface area contributed by atoms with Crippen LogP contribution in [0.15, 0.2) is 29.8 Å². The average Bonchev–Trinajstić information content (AvgIpc) is 2.30. The summed E-state index contributed by atoms with van der Waals surface area (Å²) in [5, 5.41) is 0. The highest BCUT2D eigenvalue weighted by atomic mass is 19.1. The van der Waals surface area contributed by atoms with Crippen LogP contribution in [0.4, 0.5) is 10.1 Å². The largest absolute Gasteiger partial charge is 0.365 e. The molecule has 0 radical (unpaired) electrons. The number of nitrogens with zero attached hydrogens (tertiary/aromatic N) is 1. The fourth-order valence-electron chi connectivity index (χ4n) is 2.21. The summed E-state index contributed by atoms with van der Waals surface area (Å²) in [6, 6.07) is 5.00. The zero-order chi connectivity index (χ0) is 12.4. The molecule has 0 saturated heterocycles. The first-order chi connectivity index (χ1) is 8.09. The van der Waals surface area contributed by atoms with Crippen molar-refractivity contribution < 1.29 is 4.39 Å². The summed E-state index contributed by atoms with van der Waals surface area (Å²) in [4.78, 5) is 2.07. The molecule has 1 aliphatic rings. The van der Waals surface area contributed by atoms with Crippen LogP contribution in [0.25, 0.3) is 0 Å². The van der Waals surface area contributed by atoms with Gasteiger partial charge in [0.2, 0.25) is 0 Å². The van der Waals surface area contributed by atoms with Crippen molar-refractivity contribution in [3.05, 3.63) is 41.2 Å². The van der Waals surface area contributed by atoms with Crippen LogP contribution in [0.2, 0.25) is 0 Å². The first-order valence-corrected chi connectivity index (χ1v) is 6.04. The zero-order valence-corrected chi connectivity index (χ0v) is 10.4. The molecule has 3 heteroatoms. The summed E-state index contributed by atoms with van der Waals surface area (Å²) in [7, 11) is 0. The Morgan fingerprint density at radius 2 is 2.18 bits per heavy atom. The van der Waals surface area contributed by atoms with Gasteiger partial charge in [-0.15, -0.1) is 0 Å². The Labute approximate surface area is 102 Å². The van der Waals surface area contributed by atoms with Crippen LogP contribution in [-0.2, 0) is 0 Å². The van der Waals surface area contributed by atoms with Gasteiger partial charge in [-0.2, -0.15) is 0 Å². The molecule has 17 heavy (non-hydrogen) atoms. The monoisotopic (exact) mass is 234 g/mol. The van der Waals surface area contributed by atoms with Crippen LogP contribution in [0, 0.1) is 5.82 Å². The third kappa shape index (κ3) is 2.50. The molecule has 0 aliphatic carbocycles. The third-order valence-electron chi connectivity index (χ3n) is 3.26. The molecule has 1 aliphatic heterocycles. The third-order valence-corrected chi connectivity index (χ3v) is 3.26. The van der Waals surface area contributed by atoms with Crippen molar-refractivity contribution in [2.45, 2.75) is 26.3 Å². The van der Waals surface area contributed by atoms with Crippen LogP contribution < -0.4 is 10.6 Å². The second-order valence-corrected chi connectivity index (χ2v) is 4.71. The van der Waals surface area contributed by atoms with E-state index in [0.717, 1.165) is 25.1 Å². The number of para-hydroxylation sites is 1. The van der Waals surface area contributed by atoms with Gasteiger partial charge in [0.15, 0.2) is 0 Å². The first-order valence-electron chi connectivity index (χ1n) is 6.04. The molecule has 0 spiro atoms. The lowest BCUT2D eigenvalue weighted by Crippen LogP contribution is -2.30. The van der Waals surface area contributed by atoms with Crippen molar-refractivity contribution in [3.8, 4) is 0 Å². The topological polar surface area (TPSA) is 29.3 Å². The van der Waals surface area contributed by atoms with E-state index in [1.54, 1.807) is 6.07 Å². The lowest BCUT2D eigenvalue weighted by Gasteiger charge is -2.30. The van der Waals surface area contributed by atoms with Crippen molar-refractivity contribution in [1.29, 1.82) is 0 Å². The van der Waals surface area contributed by atoms with Gasteiger partial charge >= 0.3 is 0 Å². The highest BCUT2D eigenvalue weighted by Crippen LogP contribution is 2.30.